The maximum absolute atomic E-state index is 12.5. The highest BCUT2D eigenvalue weighted by Crippen LogP contribution is 2.34. The van der Waals surface area contributed by atoms with Gasteiger partial charge in [0, 0.05) is 4.88 Å². The molecule has 2 aromatic rings. The molecular formula is C27H39NO5S. The molecule has 2 rings (SSSR count). The molecule has 34 heavy (non-hydrogen) atoms. The maximum atomic E-state index is 12.5. The molecule has 1 aromatic heterocycles. The second-order valence-corrected chi connectivity index (χ2v) is 11.2. The summed E-state index contributed by atoms with van der Waals surface area (Å²) in [6.07, 6.45) is 2.27. The molecule has 3 unspecified atom stereocenters. The lowest BCUT2D eigenvalue weighted by Gasteiger charge is -2.26. The van der Waals surface area contributed by atoms with Gasteiger partial charge in [0.2, 0.25) is 0 Å². The smallest absolute Gasteiger partial charge is 0.325 e. The second kappa shape index (κ2) is 11.8. The fraction of sp³-hybridized carbons (Fsp3) is 0.556. The lowest BCUT2D eigenvalue weighted by Crippen LogP contribution is -2.38. The SMILES string of the molecule is CCC(CCc1ccc(OCC(O)C(C)(C)C)c(C)c1)c1cc(C)c(C(=O)NC(C)C(=O)O)s1. The summed E-state index contributed by atoms with van der Waals surface area (Å²) in [6.45, 7) is 13.8. The van der Waals surface area contributed by atoms with Gasteiger partial charge in [0.05, 0.1) is 11.0 Å². The summed E-state index contributed by atoms with van der Waals surface area (Å²) < 4.78 is 5.85. The Morgan fingerprint density at radius 1 is 1.15 bits per heavy atom. The number of rotatable bonds is 11. The first kappa shape index (κ1) is 27.9. The van der Waals surface area contributed by atoms with E-state index < -0.39 is 18.1 Å². The fourth-order valence-corrected chi connectivity index (χ4v) is 4.89. The molecule has 0 radical (unpaired) electrons. The Labute approximate surface area is 207 Å². The van der Waals surface area contributed by atoms with Gasteiger partial charge in [-0.15, -0.1) is 11.3 Å². The highest BCUT2D eigenvalue weighted by molar-refractivity contribution is 7.14. The molecule has 1 heterocycles. The molecule has 1 amide bonds. The van der Waals surface area contributed by atoms with Crippen molar-refractivity contribution >= 4 is 23.2 Å². The van der Waals surface area contributed by atoms with Gasteiger partial charge < -0.3 is 20.3 Å². The van der Waals surface area contributed by atoms with Crippen molar-refractivity contribution in [2.45, 2.75) is 85.8 Å². The minimum absolute atomic E-state index is 0.224. The summed E-state index contributed by atoms with van der Waals surface area (Å²) in [5.41, 5.74) is 2.92. The summed E-state index contributed by atoms with van der Waals surface area (Å²) in [5.74, 6) is -0.271. The van der Waals surface area contributed by atoms with E-state index in [1.807, 2.05) is 40.7 Å². The van der Waals surface area contributed by atoms with Crippen LogP contribution in [0.3, 0.4) is 0 Å². The third kappa shape index (κ3) is 7.57. The van der Waals surface area contributed by atoms with E-state index in [-0.39, 0.29) is 17.9 Å². The lowest BCUT2D eigenvalue weighted by atomic mass is 9.90. The van der Waals surface area contributed by atoms with E-state index in [0.717, 1.165) is 41.0 Å². The minimum atomic E-state index is -1.05. The molecule has 0 bridgehead atoms. The van der Waals surface area contributed by atoms with Gasteiger partial charge in [0.15, 0.2) is 0 Å². The summed E-state index contributed by atoms with van der Waals surface area (Å²) in [4.78, 5) is 25.3. The first-order chi connectivity index (χ1) is 15.8. The van der Waals surface area contributed by atoms with Crippen molar-refractivity contribution in [1.82, 2.24) is 5.32 Å². The number of amides is 1. The monoisotopic (exact) mass is 489 g/mol. The first-order valence-corrected chi connectivity index (χ1v) is 12.7. The maximum Gasteiger partial charge on any atom is 0.325 e. The van der Waals surface area contributed by atoms with Gasteiger partial charge in [0.25, 0.3) is 5.91 Å². The van der Waals surface area contributed by atoms with Crippen LogP contribution in [0, 0.1) is 19.3 Å². The predicted octanol–water partition coefficient (Wildman–Crippen LogP) is 5.48. The van der Waals surface area contributed by atoms with Gasteiger partial charge in [-0.25, -0.2) is 0 Å². The summed E-state index contributed by atoms with van der Waals surface area (Å²) >= 11 is 1.46. The number of aliphatic carboxylic acids is 1. The minimum Gasteiger partial charge on any atom is -0.491 e. The van der Waals surface area contributed by atoms with Gasteiger partial charge in [-0.05, 0) is 80.2 Å². The van der Waals surface area contributed by atoms with E-state index in [1.165, 1.54) is 23.8 Å². The average molecular weight is 490 g/mol. The molecule has 0 aliphatic heterocycles. The van der Waals surface area contributed by atoms with Gasteiger partial charge in [-0.1, -0.05) is 39.8 Å². The second-order valence-electron chi connectivity index (χ2n) is 10.1. The predicted molar refractivity (Wildman–Crippen MR) is 137 cm³/mol. The number of carboxylic acids is 1. The number of ether oxygens (including phenoxy) is 1. The molecule has 6 nitrogen and oxygen atoms in total. The number of nitrogens with one attached hydrogen (secondary N) is 1. The van der Waals surface area contributed by atoms with Crippen LogP contribution in [-0.2, 0) is 11.2 Å². The lowest BCUT2D eigenvalue weighted by molar-refractivity contribution is -0.138. The van der Waals surface area contributed by atoms with Crippen molar-refractivity contribution in [2.75, 3.05) is 6.61 Å². The van der Waals surface area contributed by atoms with Crippen LogP contribution >= 0.6 is 11.3 Å². The number of aliphatic hydroxyl groups excluding tert-OH is 1. The van der Waals surface area contributed by atoms with Crippen LogP contribution in [0.5, 0.6) is 5.75 Å². The highest BCUT2D eigenvalue weighted by atomic mass is 32.1. The molecule has 0 aliphatic rings. The molecule has 0 spiro atoms. The number of carbonyl (C=O) groups is 2. The van der Waals surface area contributed by atoms with Crippen molar-refractivity contribution < 1.29 is 24.5 Å². The van der Waals surface area contributed by atoms with E-state index in [0.29, 0.717) is 10.8 Å². The number of aliphatic hydroxyl groups is 1. The number of carboxylic acid groups (broad SMARTS) is 1. The van der Waals surface area contributed by atoms with Crippen molar-refractivity contribution in [3.05, 3.63) is 50.7 Å². The van der Waals surface area contributed by atoms with Gasteiger partial charge in [-0.3, -0.25) is 9.59 Å². The Bertz CT molecular complexity index is 991. The van der Waals surface area contributed by atoms with E-state index in [2.05, 4.69) is 30.4 Å². The zero-order chi connectivity index (χ0) is 25.6. The third-order valence-electron chi connectivity index (χ3n) is 6.17. The Kier molecular flexibility index (Phi) is 9.71. The van der Waals surface area contributed by atoms with Crippen LogP contribution < -0.4 is 10.1 Å². The summed E-state index contributed by atoms with van der Waals surface area (Å²) in [6, 6.07) is 7.32. The Morgan fingerprint density at radius 3 is 2.38 bits per heavy atom. The summed E-state index contributed by atoms with van der Waals surface area (Å²) in [5, 5.41) is 21.8. The van der Waals surface area contributed by atoms with Crippen LogP contribution in [0.15, 0.2) is 24.3 Å². The van der Waals surface area contributed by atoms with Crippen LogP contribution in [0.1, 0.15) is 84.6 Å². The van der Waals surface area contributed by atoms with E-state index >= 15 is 0 Å². The van der Waals surface area contributed by atoms with Crippen LogP contribution in [0.2, 0.25) is 0 Å². The van der Waals surface area contributed by atoms with E-state index in [9.17, 15) is 14.7 Å². The molecule has 1 aromatic carbocycles. The van der Waals surface area contributed by atoms with Gasteiger partial charge in [-0.2, -0.15) is 0 Å². The molecule has 0 saturated carbocycles. The molecule has 0 fully saturated rings. The first-order valence-electron chi connectivity index (χ1n) is 11.9. The number of aryl methyl sites for hydroxylation is 3. The Balaban J connectivity index is 2.02. The normalized spacial score (nSPS) is 14.4. The van der Waals surface area contributed by atoms with Crippen molar-refractivity contribution in [2.24, 2.45) is 5.41 Å². The largest absolute Gasteiger partial charge is 0.491 e. The molecule has 0 aliphatic carbocycles. The zero-order valence-corrected chi connectivity index (χ0v) is 22.2. The fourth-order valence-electron chi connectivity index (χ4n) is 3.59. The van der Waals surface area contributed by atoms with E-state index in [4.69, 9.17) is 9.84 Å². The van der Waals surface area contributed by atoms with Crippen molar-refractivity contribution in [1.29, 1.82) is 0 Å². The molecule has 7 heteroatoms. The molecular weight excluding hydrogens is 450 g/mol. The number of hydrogen-bond donors (Lipinski definition) is 3. The quantitative estimate of drug-likeness (QED) is 0.388. The number of thiophene rings is 1. The average Bonchev–Trinajstić information content (AvgIpc) is 3.14. The molecule has 3 N–H and O–H groups in total. The molecule has 0 saturated heterocycles. The van der Waals surface area contributed by atoms with Gasteiger partial charge >= 0.3 is 5.97 Å². The number of carbonyl (C=O) groups excluding carboxylic acids is 1. The van der Waals surface area contributed by atoms with Crippen molar-refractivity contribution in [3.8, 4) is 5.75 Å². The van der Waals surface area contributed by atoms with Crippen LogP contribution in [0.4, 0.5) is 0 Å². The molecule has 188 valence electrons. The van der Waals surface area contributed by atoms with Gasteiger partial charge in [0.1, 0.15) is 18.4 Å². The standard InChI is InChI=1S/C27H39NO5S/c1-8-20(22-14-17(3)24(34-22)25(30)28-18(4)26(31)32)11-9-19-10-12-21(16(2)13-19)33-15-23(29)27(5,6)7/h10,12-14,18,20,23,29H,8-9,11,15H2,1-7H3,(H,28,30)(H,31,32). The number of benzene rings is 1. The van der Waals surface area contributed by atoms with Crippen LogP contribution in [0.25, 0.3) is 0 Å². The third-order valence-corrected chi connectivity index (χ3v) is 7.57. The van der Waals surface area contributed by atoms with Crippen molar-refractivity contribution in [3.63, 3.8) is 0 Å². The van der Waals surface area contributed by atoms with Crippen LogP contribution in [-0.4, -0.2) is 40.8 Å². The Morgan fingerprint density at radius 2 is 1.82 bits per heavy atom. The summed E-state index contributed by atoms with van der Waals surface area (Å²) in [7, 11) is 0. The topological polar surface area (TPSA) is 95.9 Å². The van der Waals surface area contributed by atoms with E-state index in [1.54, 1.807) is 0 Å². The zero-order valence-electron chi connectivity index (χ0n) is 21.4. The molecule has 3 atom stereocenters. The highest BCUT2D eigenvalue weighted by Gasteiger charge is 2.23. The number of hydrogen-bond acceptors (Lipinski definition) is 5. The Hall–Kier alpha value is -2.38.